The number of carboxylic acids is 1. The fraction of sp³-hybridized carbons (Fsp3) is 0.154. The zero-order chi connectivity index (χ0) is 22.8. The van der Waals surface area contributed by atoms with Gasteiger partial charge >= 0.3 is 5.97 Å². The van der Waals surface area contributed by atoms with Gasteiger partial charge in [0.15, 0.2) is 0 Å². The maximum Gasteiger partial charge on any atom is 0.313 e. The summed E-state index contributed by atoms with van der Waals surface area (Å²) in [6.45, 7) is 0.739. The third-order valence-electron chi connectivity index (χ3n) is 5.46. The third kappa shape index (κ3) is 4.77. The van der Waals surface area contributed by atoms with Gasteiger partial charge in [0.25, 0.3) is 0 Å². The number of carboxylic acid groups (broad SMARTS) is 1. The van der Waals surface area contributed by atoms with Crippen molar-refractivity contribution < 1.29 is 19.4 Å². The summed E-state index contributed by atoms with van der Waals surface area (Å²) in [5.74, 6) is 0.553. The molecule has 2 heterocycles. The molecule has 1 atom stereocenters. The van der Waals surface area contributed by atoms with E-state index in [9.17, 15) is 9.90 Å². The molecule has 166 valence electrons. The molecule has 7 heteroatoms. The number of thioether (sulfide) groups is 1. The molecule has 0 bridgehead atoms. The van der Waals surface area contributed by atoms with Gasteiger partial charge in [-0.25, -0.2) is 4.98 Å². The minimum Gasteiger partial charge on any atom is -0.489 e. The number of pyridine rings is 1. The second-order valence-electron chi connectivity index (χ2n) is 7.70. The van der Waals surface area contributed by atoms with Crippen LogP contribution in [-0.2, 0) is 18.0 Å². The van der Waals surface area contributed by atoms with Gasteiger partial charge in [-0.3, -0.25) is 4.79 Å². The molecule has 0 aliphatic carbocycles. The molecule has 0 spiro atoms. The van der Waals surface area contributed by atoms with Crippen LogP contribution in [-0.4, -0.2) is 21.8 Å². The van der Waals surface area contributed by atoms with E-state index in [-0.39, 0.29) is 11.0 Å². The van der Waals surface area contributed by atoms with E-state index in [1.165, 1.54) is 11.8 Å². The van der Waals surface area contributed by atoms with Crippen LogP contribution in [0.25, 0.3) is 10.9 Å². The Labute approximate surface area is 200 Å². The number of fused-ring (bicyclic) bond motifs is 3. The summed E-state index contributed by atoms with van der Waals surface area (Å²) in [4.78, 5) is 15.9. The molecule has 3 aromatic carbocycles. The predicted molar refractivity (Wildman–Crippen MR) is 130 cm³/mol. The minimum atomic E-state index is -0.848. The molecule has 1 aliphatic heterocycles. The van der Waals surface area contributed by atoms with Gasteiger partial charge in [-0.05, 0) is 47.5 Å². The number of nitrogens with zero attached hydrogens (tertiary/aromatic N) is 1. The summed E-state index contributed by atoms with van der Waals surface area (Å²) in [6, 6.07) is 23.2. The lowest BCUT2D eigenvalue weighted by Gasteiger charge is -2.19. The Morgan fingerprint density at radius 1 is 1.09 bits per heavy atom. The Hall–Kier alpha value is -3.22. The van der Waals surface area contributed by atoms with E-state index in [2.05, 4.69) is 4.98 Å². The van der Waals surface area contributed by atoms with E-state index < -0.39 is 5.97 Å². The molecule has 33 heavy (non-hydrogen) atoms. The number of benzene rings is 3. The fourth-order valence-corrected chi connectivity index (χ4v) is 5.15. The highest BCUT2D eigenvalue weighted by atomic mass is 35.5. The Kier molecular flexibility index (Phi) is 6.11. The maximum absolute atomic E-state index is 11.3. The van der Waals surface area contributed by atoms with Crippen molar-refractivity contribution in [2.75, 3.05) is 5.75 Å². The number of ether oxygens (including phenoxy) is 2. The van der Waals surface area contributed by atoms with Gasteiger partial charge in [-0.2, -0.15) is 0 Å². The van der Waals surface area contributed by atoms with Crippen molar-refractivity contribution in [3.05, 3.63) is 100 Å². The first-order chi connectivity index (χ1) is 16.1. The highest BCUT2D eigenvalue weighted by Crippen LogP contribution is 2.45. The van der Waals surface area contributed by atoms with Crippen LogP contribution in [0.15, 0.2) is 72.8 Å². The van der Waals surface area contributed by atoms with Gasteiger partial charge < -0.3 is 14.6 Å². The van der Waals surface area contributed by atoms with Crippen molar-refractivity contribution >= 4 is 40.2 Å². The molecule has 5 nitrogen and oxygen atoms in total. The van der Waals surface area contributed by atoms with E-state index in [1.807, 2.05) is 72.8 Å². The van der Waals surface area contributed by atoms with E-state index in [0.717, 1.165) is 39.0 Å². The van der Waals surface area contributed by atoms with E-state index in [4.69, 9.17) is 21.1 Å². The van der Waals surface area contributed by atoms with Crippen LogP contribution in [0.1, 0.15) is 27.6 Å². The number of halogens is 1. The molecule has 4 aromatic rings. The molecule has 1 aromatic heterocycles. The highest BCUT2D eigenvalue weighted by Gasteiger charge is 2.26. The van der Waals surface area contributed by atoms with E-state index >= 15 is 0 Å². The second-order valence-corrected chi connectivity index (χ2v) is 9.23. The van der Waals surface area contributed by atoms with Crippen LogP contribution in [0, 0.1) is 0 Å². The number of hydrogen-bond donors (Lipinski definition) is 1. The number of hydrogen-bond acceptors (Lipinski definition) is 5. The van der Waals surface area contributed by atoms with Crippen molar-refractivity contribution in [1.29, 1.82) is 0 Å². The van der Waals surface area contributed by atoms with E-state index in [0.29, 0.717) is 24.0 Å². The van der Waals surface area contributed by atoms with Crippen LogP contribution in [0.3, 0.4) is 0 Å². The minimum absolute atomic E-state index is 0.00685. The summed E-state index contributed by atoms with van der Waals surface area (Å²) >= 11 is 7.47. The number of rotatable bonds is 6. The van der Waals surface area contributed by atoms with Gasteiger partial charge in [-0.1, -0.05) is 48.0 Å². The Bertz CT molecular complexity index is 1340. The predicted octanol–water partition coefficient (Wildman–Crippen LogP) is 6.27. The Morgan fingerprint density at radius 3 is 2.82 bits per heavy atom. The average molecular weight is 478 g/mol. The number of carbonyl (C=O) groups is 1. The largest absolute Gasteiger partial charge is 0.489 e. The van der Waals surface area contributed by atoms with Crippen LogP contribution < -0.4 is 9.47 Å². The molecule has 1 unspecified atom stereocenters. The van der Waals surface area contributed by atoms with Gasteiger partial charge in [0, 0.05) is 16.0 Å². The maximum atomic E-state index is 11.3. The highest BCUT2D eigenvalue weighted by molar-refractivity contribution is 8.00. The zero-order valence-electron chi connectivity index (χ0n) is 17.5. The Morgan fingerprint density at radius 2 is 1.94 bits per heavy atom. The van der Waals surface area contributed by atoms with Crippen LogP contribution in [0.2, 0.25) is 5.02 Å². The summed E-state index contributed by atoms with van der Waals surface area (Å²) < 4.78 is 12.1. The zero-order valence-corrected chi connectivity index (χ0v) is 19.1. The molecule has 0 saturated heterocycles. The van der Waals surface area contributed by atoms with Crippen molar-refractivity contribution in [3.63, 3.8) is 0 Å². The van der Waals surface area contributed by atoms with Crippen molar-refractivity contribution in [3.8, 4) is 11.5 Å². The summed E-state index contributed by atoms with van der Waals surface area (Å²) in [7, 11) is 0. The summed E-state index contributed by atoms with van der Waals surface area (Å²) in [6.07, 6.45) is 0. The van der Waals surface area contributed by atoms with Crippen LogP contribution in [0.4, 0.5) is 0 Å². The number of aromatic nitrogens is 1. The van der Waals surface area contributed by atoms with Gasteiger partial charge in [0.1, 0.15) is 24.7 Å². The van der Waals surface area contributed by atoms with Crippen molar-refractivity contribution in [2.45, 2.75) is 18.5 Å². The van der Waals surface area contributed by atoms with Gasteiger partial charge in [0.05, 0.1) is 22.2 Å². The third-order valence-corrected chi connectivity index (χ3v) is 6.95. The summed E-state index contributed by atoms with van der Waals surface area (Å²) in [5.41, 5.74) is 4.63. The lowest BCUT2D eigenvalue weighted by molar-refractivity contribution is -0.133. The van der Waals surface area contributed by atoms with Crippen LogP contribution >= 0.6 is 23.4 Å². The van der Waals surface area contributed by atoms with E-state index in [1.54, 1.807) is 0 Å². The average Bonchev–Trinajstić information content (AvgIpc) is 2.97. The quantitative estimate of drug-likeness (QED) is 0.353. The molecule has 0 radical (unpaired) electrons. The summed E-state index contributed by atoms with van der Waals surface area (Å²) in [5, 5.41) is 10.8. The monoisotopic (exact) mass is 477 g/mol. The first-order valence-corrected chi connectivity index (χ1v) is 11.9. The molecular weight excluding hydrogens is 458 g/mol. The lowest BCUT2D eigenvalue weighted by Crippen LogP contribution is -2.05. The standard InChI is InChI=1S/C26H20ClNO4S/c27-18-7-5-16-6-8-19(28-23(16)11-18)14-31-20-9-10-24-22(12-20)26(33-15-25(29)30)21-4-2-1-3-17(21)13-32-24/h1-12,26H,13-15H2,(H,29,30). The first-order valence-electron chi connectivity index (χ1n) is 10.4. The normalized spacial score (nSPS) is 14.6. The molecule has 0 amide bonds. The van der Waals surface area contributed by atoms with Gasteiger partial charge in [0.2, 0.25) is 0 Å². The number of aliphatic carboxylic acids is 1. The molecule has 1 N–H and O–H groups in total. The van der Waals surface area contributed by atoms with Crippen molar-refractivity contribution in [1.82, 2.24) is 4.98 Å². The molecule has 0 fully saturated rings. The Balaban J connectivity index is 1.43. The first kappa shape index (κ1) is 21.6. The molecule has 1 aliphatic rings. The van der Waals surface area contributed by atoms with Crippen molar-refractivity contribution in [2.24, 2.45) is 0 Å². The van der Waals surface area contributed by atoms with Crippen LogP contribution in [0.5, 0.6) is 11.5 Å². The molecule has 0 saturated carbocycles. The SMILES string of the molecule is O=C(O)CSC1c2ccccc2COc2ccc(OCc3ccc4ccc(Cl)cc4n3)cc21. The van der Waals surface area contributed by atoms with Gasteiger partial charge in [-0.15, -0.1) is 11.8 Å². The topological polar surface area (TPSA) is 68.7 Å². The second kappa shape index (κ2) is 9.33. The molecule has 5 rings (SSSR count). The fourth-order valence-electron chi connectivity index (χ4n) is 3.90. The molecular formula is C26H20ClNO4S. The smallest absolute Gasteiger partial charge is 0.313 e. The lowest BCUT2D eigenvalue weighted by atomic mass is 10.00.